The number of methoxy groups -OCH3 is 1. The molecule has 0 atom stereocenters. The number of aromatic nitrogens is 2. The maximum atomic E-state index is 12.0. The first-order valence-corrected chi connectivity index (χ1v) is 6.23. The first-order valence-electron chi connectivity index (χ1n) is 6.23. The van der Waals surface area contributed by atoms with Gasteiger partial charge in [0.25, 0.3) is 5.91 Å². The molecule has 0 unspecified atom stereocenters. The number of para-hydroxylation sites is 1. The quantitative estimate of drug-likeness (QED) is 0.857. The number of nitrogens with zero attached hydrogens (tertiary/aromatic N) is 2. The maximum absolute atomic E-state index is 12.0. The second-order valence-corrected chi connectivity index (χ2v) is 4.38. The third-order valence-corrected chi connectivity index (χ3v) is 2.92. The van der Waals surface area contributed by atoms with Crippen LogP contribution >= 0.6 is 0 Å². The number of carbonyl (C=O) groups is 1. The molecular formula is C14H17N3O3. The lowest BCUT2D eigenvalue weighted by Gasteiger charge is -2.09. The van der Waals surface area contributed by atoms with Crippen molar-refractivity contribution in [1.29, 1.82) is 0 Å². The van der Waals surface area contributed by atoms with Gasteiger partial charge in [0.2, 0.25) is 0 Å². The molecule has 0 saturated carbocycles. The van der Waals surface area contributed by atoms with E-state index in [1.807, 2.05) is 13.2 Å². The van der Waals surface area contributed by atoms with Crippen LogP contribution in [0.25, 0.3) is 0 Å². The average molecular weight is 275 g/mol. The minimum absolute atomic E-state index is 0.145. The van der Waals surface area contributed by atoms with Crippen LogP contribution in [-0.2, 0) is 13.5 Å². The van der Waals surface area contributed by atoms with Gasteiger partial charge in [-0.15, -0.1) is 0 Å². The molecule has 0 aliphatic carbocycles. The fraction of sp³-hybridized carbons (Fsp3) is 0.286. The summed E-state index contributed by atoms with van der Waals surface area (Å²) in [5, 5.41) is 16.7. The summed E-state index contributed by atoms with van der Waals surface area (Å²) in [6.45, 7) is 0.473. The normalized spacial score (nSPS) is 10.3. The van der Waals surface area contributed by atoms with Crippen molar-refractivity contribution in [2.45, 2.75) is 6.42 Å². The monoisotopic (exact) mass is 275 g/mol. The Bertz CT molecular complexity index is 607. The summed E-state index contributed by atoms with van der Waals surface area (Å²) in [6.07, 6.45) is 4.34. The van der Waals surface area contributed by atoms with Crippen molar-refractivity contribution < 1.29 is 14.6 Å². The molecule has 1 aromatic carbocycles. The largest absolute Gasteiger partial charge is 0.504 e. The van der Waals surface area contributed by atoms with Crippen molar-refractivity contribution in [2.75, 3.05) is 13.7 Å². The van der Waals surface area contributed by atoms with Gasteiger partial charge in [-0.25, -0.2) is 0 Å². The van der Waals surface area contributed by atoms with E-state index in [0.717, 1.165) is 5.56 Å². The summed E-state index contributed by atoms with van der Waals surface area (Å²) in [6, 6.07) is 4.81. The zero-order chi connectivity index (χ0) is 14.5. The fourth-order valence-corrected chi connectivity index (χ4v) is 1.89. The van der Waals surface area contributed by atoms with Gasteiger partial charge in [0.1, 0.15) is 0 Å². The Kier molecular flexibility index (Phi) is 4.24. The minimum Gasteiger partial charge on any atom is -0.504 e. The van der Waals surface area contributed by atoms with E-state index in [1.165, 1.54) is 7.11 Å². The number of nitrogens with one attached hydrogen (secondary N) is 1. The minimum atomic E-state index is -0.328. The SMILES string of the molecule is COc1cccc(C(=O)NCCc2cnn(C)c2)c1O. The molecule has 1 aromatic heterocycles. The lowest BCUT2D eigenvalue weighted by Crippen LogP contribution is -2.25. The number of carbonyl (C=O) groups excluding carboxylic acids is 1. The summed E-state index contributed by atoms with van der Waals surface area (Å²) >= 11 is 0. The van der Waals surface area contributed by atoms with Gasteiger partial charge in [0.15, 0.2) is 11.5 Å². The summed E-state index contributed by atoms with van der Waals surface area (Å²) in [5.41, 5.74) is 1.25. The van der Waals surface area contributed by atoms with Crippen LogP contribution < -0.4 is 10.1 Å². The van der Waals surface area contributed by atoms with Crippen LogP contribution in [-0.4, -0.2) is 34.4 Å². The summed E-state index contributed by atoms with van der Waals surface area (Å²) in [5.74, 6) is -0.191. The highest BCUT2D eigenvalue weighted by molar-refractivity contribution is 5.97. The van der Waals surface area contributed by atoms with Crippen LogP contribution in [0.1, 0.15) is 15.9 Å². The third kappa shape index (κ3) is 3.09. The molecule has 20 heavy (non-hydrogen) atoms. The van der Waals surface area contributed by atoms with E-state index in [1.54, 1.807) is 29.1 Å². The highest BCUT2D eigenvalue weighted by atomic mass is 16.5. The third-order valence-electron chi connectivity index (χ3n) is 2.92. The molecule has 0 fully saturated rings. The number of ether oxygens (including phenoxy) is 1. The zero-order valence-electron chi connectivity index (χ0n) is 11.5. The molecule has 6 heteroatoms. The lowest BCUT2D eigenvalue weighted by molar-refractivity contribution is 0.0951. The maximum Gasteiger partial charge on any atom is 0.255 e. The first kappa shape index (κ1) is 13.9. The van der Waals surface area contributed by atoms with Gasteiger partial charge in [-0.2, -0.15) is 5.10 Å². The fourth-order valence-electron chi connectivity index (χ4n) is 1.89. The van der Waals surface area contributed by atoms with Crippen molar-refractivity contribution in [3.8, 4) is 11.5 Å². The molecule has 2 rings (SSSR count). The van der Waals surface area contributed by atoms with Gasteiger partial charge in [-0.3, -0.25) is 9.48 Å². The average Bonchev–Trinajstić information content (AvgIpc) is 2.84. The summed E-state index contributed by atoms with van der Waals surface area (Å²) in [4.78, 5) is 12.0. The smallest absolute Gasteiger partial charge is 0.255 e. The zero-order valence-corrected chi connectivity index (χ0v) is 11.5. The van der Waals surface area contributed by atoms with Gasteiger partial charge in [-0.05, 0) is 24.1 Å². The van der Waals surface area contributed by atoms with Crippen LogP contribution in [0.4, 0.5) is 0 Å². The summed E-state index contributed by atoms with van der Waals surface area (Å²) < 4.78 is 6.68. The number of aryl methyl sites for hydroxylation is 1. The number of hydrogen-bond acceptors (Lipinski definition) is 4. The molecule has 0 bridgehead atoms. The molecule has 2 N–H and O–H groups in total. The standard InChI is InChI=1S/C14H17N3O3/c1-17-9-10(8-16-17)6-7-15-14(19)11-4-3-5-12(20-2)13(11)18/h3-5,8-9,18H,6-7H2,1-2H3,(H,15,19). The second-order valence-electron chi connectivity index (χ2n) is 4.38. The van der Waals surface area contributed by atoms with E-state index in [9.17, 15) is 9.90 Å². The van der Waals surface area contributed by atoms with Gasteiger partial charge in [0.05, 0.1) is 18.9 Å². The molecule has 106 valence electrons. The molecule has 0 saturated heterocycles. The topological polar surface area (TPSA) is 76.4 Å². The lowest BCUT2D eigenvalue weighted by atomic mass is 10.1. The number of benzene rings is 1. The molecule has 0 aliphatic heterocycles. The van der Waals surface area contributed by atoms with E-state index in [-0.39, 0.29) is 23.0 Å². The molecule has 1 amide bonds. The Hall–Kier alpha value is -2.50. The Morgan fingerprint density at radius 3 is 2.95 bits per heavy atom. The van der Waals surface area contributed by atoms with Crippen molar-refractivity contribution in [2.24, 2.45) is 7.05 Å². The molecule has 2 aromatic rings. The Balaban J connectivity index is 1.95. The number of aromatic hydroxyl groups is 1. The van der Waals surface area contributed by atoms with Crippen LogP contribution in [0.5, 0.6) is 11.5 Å². The first-order chi connectivity index (χ1) is 9.61. The highest BCUT2D eigenvalue weighted by Crippen LogP contribution is 2.29. The molecule has 0 radical (unpaired) electrons. The van der Waals surface area contributed by atoms with Crippen LogP contribution in [0.3, 0.4) is 0 Å². The van der Waals surface area contributed by atoms with Gasteiger partial charge in [-0.1, -0.05) is 6.07 Å². The molecule has 0 spiro atoms. The Labute approximate surface area is 117 Å². The number of amides is 1. The van der Waals surface area contributed by atoms with E-state index < -0.39 is 0 Å². The van der Waals surface area contributed by atoms with Gasteiger partial charge in [0, 0.05) is 19.8 Å². The number of hydrogen-bond donors (Lipinski definition) is 2. The van der Waals surface area contributed by atoms with E-state index in [4.69, 9.17) is 4.74 Å². The van der Waals surface area contributed by atoms with E-state index in [2.05, 4.69) is 10.4 Å². The van der Waals surface area contributed by atoms with Crippen molar-refractivity contribution in [3.63, 3.8) is 0 Å². The molecule has 1 heterocycles. The number of phenols is 1. The predicted molar refractivity (Wildman–Crippen MR) is 73.9 cm³/mol. The molecular weight excluding hydrogens is 258 g/mol. The van der Waals surface area contributed by atoms with Crippen molar-refractivity contribution >= 4 is 5.91 Å². The van der Waals surface area contributed by atoms with Crippen molar-refractivity contribution in [1.82, 2.24) is 15.1 Å². The summed E-state index contributed by atoms with van der Waals surface area (Å²) in [7, 11) is 3.29. The van der Waals surface area contributed by atoms with E-state index in [0.29, 0.717) is 13.0 Å². The highest BCUT2D eigenvalue weighted by Gasteiger charge is 2.14. The molecule has 0 aliphatic rings. The Morgan fingerprint density at radius 1 is 1.50 bits per heavy atom. The second kappa shape index (κ2) is 6.10. The van der Waals surface area contributed by atoms with Gasteiger partial charge >= 0.3 is 0 Å². The van der Waals surface area contributed by atoms with Crippen LogP contribution in [0.2, 0.25) is 0 Å². The van der Waals surface area contributed by atoms with Gasteiger partial charge < -0.3 is 15.2 Å². The number of phenolic OH excluding ortho intramolecular Hbond substituents is 1. The van der Waals surface area contributed by atoms with E-state index >= 15 is 0 Å². The molecule has 6 nitrogen and oxygen atoms in total. The van der Waals surface area contributed by atoms with Crippen molar-refractivity contribution in [3.05, 3.63) is 41.7 Å². The predicted octanol–water partition coefficient (Wildman–Crippen LogP) is 1.11. The number of rotatable bonds is 5. The van der Waals surface area contributed by atoms with Crippen LogP contribution in [0, 0.1) is 0 Å². The van der Waals surface area contributed by atoms with Crippen LogP contribution in [0.15, 0.2) is 30.6 Å². The Morgan fingerprint density at radius 2 is 2.30 bits per heavy atom.